The van der Waals surface area contributed by atoms with E-state index in [9.17, 15) is 4.39 Å². The van der Waals surface area contributed by atoms with E-state index in [-0.39, 0.29) is 5.82 Å². The zero-order valence-corrected chi connectivity index (χ0v) is 9.82. The summed E-state index contributed by atoms with van der Waals surface area (Å²) >= 11 is 0. The van der Waals surface area contributed by atoms with Gasteiger partial charge in [0.25, 0.3) is 0 Å². The Morgan fingerprint density at radius 3 is 2.71 bits per heavy atom. The standard InChI is InChI=1S/C15H16FN/c16-14-8-4-7-13-12(9-10-17-15(13)14)11-5-2-1-3-6-11/h4,7-11H,1-3,5-6H2. The largest absolute Gasteiger partial charge is 0.253 e. The average Bonchev–Trinajstić information content (AvgIpc) is 2.40. The third-order valence-electron chi connectivity index (χ3n) is 3.80. The number of nitrogens with zero attached hydrogens (tertiary/aromatic N) is 1. The smallest absolute Gasteiger partial charge is 0.149 e. The molecule has 1 aromatic carbocycles. The number of hydrogen-bond acceptors (Lipinski definition) is 1. The molecular formula is C15H16FN. The third-order valence-corrected chi connectivity index (χ3v) is 3.80. The fourth-order valence-electron chi connectivity index (χ4n) is 2.93. The van der Waals surface area contributed by atoms with Crippen molar-refractivity contribution < 1.29 is 4.39 Å². The summed E-state index contributed by atoms with van der Waals surface area (Å²) in [6, 6.07) is 7.33. The van der Waals surface area contributed by atoms with Crippen molar-refractivity contribution in [2.45, 2.75) is 38.0 Å². The number of hydrogen-bond donors (Lipinski definition) is 0. The first kappa shape index (κ1) is 10.7. The molecule has 0 aliphatic heterocycles. The molecule has 1 aromatic heterocycles. The van der Waals surface area contributed by atoms with Gasteiger partial charge in [-0.1, -0.05) is 31.4 Å². The average molecular weight is 229 g/mol. The Morgan fingerprint density at radius 2 is 1.88 bits per heavy atom. The Kier molecular flexibility index (Phi) is 2.79. The van der Waals surface area contributed by atoms with Crippen molar-refractivity contribution in [1.29, 1.82) is 0 Å². The lowest BCUT2D eigenvalue weighted by atomic mass is 9.83. The van der Waals surface area contributed by atoms with Gasteiger partial charge in [-0.25, -0.2) is 4.39 Å². The number of pyridine rings is 1. The highest BCUT2D eigenvalue weighted by molar-refractivity contribution is 5.83. The lowest BCUT2D eigenvalue weighted by molar-refractivity contribution is 0.445. The third kappa shape index (κ3) is 1.92. The number of para-hydroxylation sites is 1. The van der Waals surface area contributed by atoms with Crippen LogP contribution in [0.2, 0.25) is 0 Å². The molecule has 1 aliphatic carbocycles. The Bertz CT molecular complexity index is 529. The number of benzene rings is 1. The summed E-state index contributed by atoms with van der Waals surface area (Å²) in [7, 11) is 0. The second-order valence-electron chi connectivity index (χ2n) is 4.87. The number of fused-ring (bicyclic) bond motifs is 1. The minimum absolute atomic E-state index is 0.208. The van der Waals surface area contributed by atoms with E-state index < -0.39 is 0 Å². The Morgan fingerprint density at radius 1 is 1.06 bits per heavy atom. The van der Waals surface area contributed by atoms with Gasteiger partial charge in [-0.3, -0.25) is 4.98 Å². The van der Waals surface area contributed by atoms with Crippen LogP contribution in [0.3, 0.4) is 0 Å². The molecule has 1 saturated carbocycles. The molecule has 1 aliphatic rings. The van der Waals surface area contributed by atoms with E-state index in [0.717, 1.165) is 5.39 Å². The van der Waals surface area contributed by atoms with Crippen LogP contribution >= 0.6 is 0 Å². The number of halogens is 1. The molecule has 0 bridgehead atoms. The molecule has 0 amide bonds. The lowest BCUT2D eigenvalue weighted by Gasteiger charge is -2.23. The summed E-state index contributed by atoms with van der Waals surface area (Å²) in [6.45, 7) is 0. The molecule has 0 unspecified atom stereocenters. The summed E-state index contributed by atoms with van der Waals surface area (Å²) < 4.78 is 13.7. The summed E-state index contributed by atoms with van der Waals surface area (Å²) in [5.74, 6) is 0.385. The molecule has 17 heavy (non-hydrogen) atoms. The molecule has 2 heteroatoms. The van der Waals surface area contributed by atoms with Gasteiger partial charge in [-0.15, -0.1) is 0 Å². The van der Waals surface area contributed by atoms with Gasteiger partial charge in [-0.05, 0) is 36.5 Å². The highest BCUT2D eigenvalue weighted by Gasteiger charge is 2.18. The van der Waals surface area contributed by atoms with Gasteiger partial charge in [0.1, 0.15) is 11.3 Å². The van der Waals surface area contributed by atoms with E-state index >= 15 is 0 Å². The first-order valence-electron chi connectivity index (χ1n) is 6.39. The van der Waals surface area contributed by atoms with Crippen LogP contribution in [0.15, 0.2) is 30.5 Å². The van der Waals surface area contributed by atoms with Crippen LogP contribution in [-0.4, -0.2) is 4.98 Å². The van der Waals surface area contributed by atoms with Gasteiger partial charge in [0.15, 0.2) is 0 Å². The number of rotatable bonds is 1. The maximum Gasteiger partial charge on any atom is 0.149 e. The second-order valence-corrected chi connectivity index (χ2v) is 4.87. The molecule has 0 radical (unpaired) electrons. The van der Waals surface area contributed by atoms with E-state index in [1.807, 2.05) is 6.07 Å². The van der Waals surface area contributed by atoms with Crippen molar-refractivity contribution in [3.05, 3.63) is 41.8 Å². The van der Waals surface area contributed by atoms with Gasteiger partial charge in [0, 0.05) is 11.6 Å². The van der Waals surface area contributed by atoms with E-state index in [1.165, 1.54) is 43.7 Å². The van der Waals surface area contributed by atoms with Gasteiger partial charge >= 0.3 is 0 Å². The van der Waals surface area contributed by atoms with E-state index in [2.05, 4.69) is 11.1 Å². The quantitative estimate of drug-likeness (QED) is 0.705. The van der Waals surface area contributed by atoms with Crippen LogP contribution in [0, 0.1) is 5.82 Å². The summed E-state index contributed by atoms with van der Waals surface area (Å²) in [4.78, 5) is 4.16. The zero-order chi connectivity index (χ0) is 11.7. The Labute approximate surface area is 101 Å². The van der Waals surface area contributed by atoms with E-state index in [1.54, 1.807) is 12.3 Å². The van der Waals surface area contributed by atoms with Crippen LogP contribution < -0.4 is 0 Å². The topological polar surface area (TPSA) is 12.9 Å². The Hall–Kier alpha value is -1.44. The van der Waals surface area contributed by atoms with Gasteiger partial charge in [0.2, 0.25) is 0 Å². The molecular weight excluding hydrogens is 213 g/mol. The van der Waals surface area contributed by atoms with Gasteiger partial charge in [0.05, 0.1) is 0 Å². The van der Waals surface area contributed by atoms with Crippen LogP contribution in [-0.2, 0) is 0 Å². The fraction of sp³-hybridized carbons (Fsp3) is 0.400. The van der Waals surface area contributed by atoms with Crippen LogP contribution in [0.25, 0.3) is 10.9 Å². The van der Waals surface area contributed by atoms with Crippen molar-refractivity contribution in [2.24, 2.45) is 0 Å². The number of aromatic nitrogens is 1. The molecule has 1 heterocycles. The molecule has 1 nitrogen and oxygen atoms in total. The lowest BCUT2D eigenvalue weighted by Crippen LogP contribution is -2.05. The zero-order valence-electron chi connectivity index (χ0n) is 9.82. The monoisotopic (exact) mass is 229 g/mol. The Balaban J connectivity index is 2.12. The first-order valence-corrected chi connectivity index (χ1v) is 6.39. The first-order chi connectivity index (χ1) is 8.36. The molecule has 0 spiro atoms. The van der Waals surface area contributed by atoms with Crippen LogP contribution in [0.5, 0.6) is 0 Å². The maximum absolute atomic E-state index is 13.7. The summed E-state index contributed by atoms with van der Waals surface area (Å²) in [5.41, 5.74) is 1.81. The second kappa shape index (κ2) is 4.44. The molecule has 3 rings (SSSR count). The summed E-state index contributed by atoms with van der Waals surface area (Å²) in [5, 5.41) is 0.999. The van der Waals surface area contributed by atoms with Crippen molar-refractivity contribution in [3.63, 3.8) is 0 Å². The molecule has 88 valence electrons. The van der Waals surface area contributed by atoms with Gasteiger partial charge in [-0.2, -0.15) is 0 Å². The van der Waals surface area contributed by atoms with Crippen LogP contribution in [0.1, 0.15) is 43.6 Å². The van der Waals surface area contributed by atoms with Crippen molar-refractivity contribution >= 4 is 10.9 Å². The fourth-order valence-corrected chi connectivity index (χ4v) is 2.93. The SMILES string of the molecule is Fc1cccc2c(C3CCCCC3)ccnc12. The van der Waals surface area contributed by atoms with Crippen molar-refractivity contribution in [3.8, 4) is 0 Å². The molecule has 0 N–H and O–H groups in total. The normalized spacial score (nSPS) is 17.5. The predicted molar refractivity (Wildman–Crippen MR) is 67.5 cm³/mol. The van der Waals surface area contributed by atoms with Gasteiger partial charge < -0.3 is 0 Å². The molecule has 0 saturated heterocycles. The molecule has 1 fully saturated rings. The highest BCUT2D eigenvalue weighted by Crippen LogP contribution is 2.36. The highest BCUT2D eigenvalue weighted by atomic mass is 19.1. The van der Waals surface area contributed by atoms with Crippen LogP contribution in [0.4, 0.5) is 4.39 Å². The van der Waals surface area contributed by atoms with Crippen molar-refractivity contribution in [1.82, 2.24) is 4.98 Å². The molecule has 0 atom stereocenters. The maximum atomic E-state index is 13.7. The van der Waals surface area contributed by atoms with E-state index in [0.29, 0.717) is 11.4 Å². The predicted octanol–water partition coefficient (Wildman–Crippen LogP) is 4.42. The van der Waals surface area contributed by atoms with E-state index in [4.69, 9.17) is 0 Å². The molecule has 2 aromatic rings. The summed E-state index contributed by atoms with van der Waals surface area (Å²) in [6.07, 6.45) is 8.14. The minimum atomic E-state index is -0.208. The minimum Gasteiger partial charge on any atom is -0.253 e. The van der Waals surface area contributed by atoms with Crippen molar-refractivity contribution in [2.75, 3.05) is 0 Å².